The molecule has 11 aromatic rings. The third-order valence-electron chi connectivity index (χ3n) is 8.60. The van der Waals surface area contributed by atoms with Gasteiger partial charge in [0.15, 0.2) is 0 Å². The summed E-state index contributed by atoms with van der Waals surface area (Å²) >= 11 is 0. The second-order valence-electron chi connectivity index (χ2n) is 11.5. The van der Waals surface area contributed by atoms with Gasteiger partial charge in [0.25, 0.3) is 0 Å². The maximum atomic E-state index is 10.0. The molecule has 0 fully saturated rings. The summed E-state index contributed by atoms with van der Waals surface area (Å²) in [5.74, 6) is 0. The van der Waals surface area contributed by atoms with Crippen LogP contribution in [0.25, 0.3) is 93.6 Å². The van der Waals surface area contributed by atoms with Gasteiger partial charge in [-0.25, -0.2) is 0 Å². The summed E-state index contributed by atoms with van der Waals surface area (Å²) < 4.78 is 274. The summed E-state index contributed by atoms with van der Waals surface area (Å²) in [7, 11) is 0. The molecule has 3 heteroatoms. The fraction of sp³-hybridized carbons (Fsp3) is 0.0204. The molecule has 11 rings (SSSR count). The zero-order valence-electron chi connectivity index (χ0n) is 56.3. The number of hydrogen-bond acceptors (Lipinski definition) is 0. The molecule has 3 nitrogen and oxygen atoms in total. The van der Waals surface area contributed by atoms with E-state index in [4.69, 9.17) is 23.3 Å². The van der Waals surface area contributed by atoms with E-state index in [0.29, 0.717) is 0 Å². The monoisotopic (exact) mass is 693 g/mol. The number of nitrogens with zero attached hydrogens (tertiary/aromatic N) is 3. The predicted molar refractivity (Wildman–Crippen MR) is 220 cm³/mol. The third-order valence-corrected chi connectivity index (χ3v) is 8.60. The van der Waals surface area contributed by atoms with Crippen molar-refractivity contribution in [3.05, 3.63) is 187 Å². The first-order valence-electron chi connectivity index (χ1n) is 30.5. The number of hydrogen-bond donors (Lipinski definition) is 0. The molecule has 0 spiro atoms. The minimum absolute atomic E-state index is 0.153. The van der Waals surface area contributed by atoms with Gasteiger partial charge >= 0.3 is 0 Å². The molecule has 3 heterocycles. The van der Waals surface area contributed by atoms with Gasteiger partial charge in [0.1, 0.15) is 0 Å². The largest absolute Gasteiger partial charge is 0.309 e. The van der Waals surface area contributed by atoms with Crippen LogP contribution in [0, 0.1) is 6.92 Å². The Kier molecular flexibility index (Phi) is 2.59. The fourth-order valence-corrected chi connectivity index (χ4v) is 6.46. The van der Waals surface area contributed by atoms with Crippen LogP contribution in [-0.4, -0.2) is 13.7 Å². The SMILES string of the molecule is [2H]c1c([2H])c([2H])c(-n2c3c([2H])c([2H])c([2H])c([2H])c3c3c([2H])c(-c4c([2H])c([2H])c5c(c4[2H])c4c([2H])c([2H])c([2H])c([2H])c4n5-c4c([2H])c([2H])c5c(c4[2H])c4c([2H])c(C)c([2H])c([2H])c4n5-c4c([2H])c([2H])c([2H])c([2H])c4[2H])c([2H])c([2H])c32)c([2H])c1[2H]. The maximum absolute atomic E-state index is 10.0. The van der Waals surface area contributed by atoms with Crippen molar-refractivity contribution >= 4 is 65.4 Å². The van der Waals surface area contributed by atoms with E-state index in [1.54, 1.807) is 0 Å². The smallest absolute Gasteiger partial charge is 0.0652 e. The number of rotatable bonds is 4. The van der Waals surface area contributed by atoms with Gasteiger partial charge in [-0.3, -0.25) is 0 Å². The molecule has 0 radical (unpaired) electrons. The first kappa shape index (κ1) is 12.1. The standard InChI is InChI=1S/C49H33N3/c1-32-20-24-46-40(28-32)43-31-37(23-27-49(43)51(46)36-14-6-3-7-15-36)52-45-19-11-9-17-39(45)42-30-34(22-26-48(42)52)33-21-25-47-41(29-33)38-16-8-10-18-44(38)50(47)35-12-4-2-5-13-35/h2-31H,1H3/i2D,3D,4D,5D,6D,7D,8D,9D,10D,11D,12D,13D,14D,15D,16D,17D,18D,19D,20D,21D,22D,23D,24D,25D,26D,27D,28D,29D,30D,31D. The lowest BCUT2D eigenvalue weighted by molar-refractivity contribution is 1.16. The van der Waals surface area contributed by atoms with E-state index in [1.807, 2.05) is 0 Å². The lowest BCUT2D eigenvalue weighted by Crippen LogP contribution is -1.95. The van der Waals surface area contributed by atoms with Crippen molar-refractivity contribution in [2.24, 2.45) is 0 Å². The Morgan fingerprint density at radius 2 is 0.692 bits per heavy atom. The number of benzene rings is 8. The molecule has 0 aliphatic heterocycles. The number of aromatic nitrogens is 3. The lowest BCUT2D eigenvalue weighted by Gasteiger charge is -2.11. The molecule has 0 aliphatic carbocycles. The summed E-state index contributed by atoms with van der Waals surface area (Å²) in [5.41, 5.74) is -7.73. The van der Waals surface area contributed by atoms with Crippen LogP contribution in [-0.2, 0) is 0 Å². The van der Waals surface area contributed by atoms with Gasteiger partial charge in [-0.1, -0.05) is 96.2 Å². The highest BCUT2D eigenvalue weighted by molar-refractivity contribution is 6.14. The Morgan fingerprint density at radius 3 is 1.23 bits per heavy atom. The first-order valence-corrected chi connectivity index (χ1v) is 15.5. The quantitative estimate of drug-likeness (QED) is 0.174. The molecule has 0 unspecified atom stereocenters. The molecule has 52 heavy (non-hydrogen) atoms. The fourth-order valence-electron chi connectivity index (χ4n) is 6.46. The van der Waals surface area contributed by atoms with E-state index < -0.39 is 275 Å². The number of fused-ring (bicyclic) bond motifs is 9. The number of para-hydroxylation sites is 4. The topological polar surface area (TPSA) is 14.8 Å². The van der Waals surface area contributed by atoms with Crippen LogP contribution in [0.1, 0.15) is 46.7 Å². The van der Waals surface area contributed by atoms with E-state index in [9.17, 15) is 17.8 Å². The van der Waals surface area contributed by atoms with Gasteiger partial charge in [-0.2, -0.15) is 0 Å². The summed E-state index contributed by atoms with van der Waals surface area (Å²) in [4.78, 5) is 0. The van der Waals surface area contributed by atoms with Gasteiger partial charge in [0.2, 0.25) is 0 Å². The molecule has 0 bridgehead atoms. The second kappa shape index (κ2) is 11.1. The zero-order chi connectivity index (χ0) is 60.4. The molecule has 0 atom stereocenters. The predicted octanol–water partition coefficient (Wildman–Crippen LogP) is 13.0. The third kappa shape index (κ3) is 4.20. The van der Waals surface area contributed by atoms with Crippen molar-refractivity contribution in [2.75, 3.05) is 0 Å². The minimum atomic E-state index is -1.07. The molecule has 0 N–H and O–H groups in total. The van der Waals surface area contributed by atoms with Crippen LogP contribution in [0.4, 0.5) is 0 Å². The molecular formula is C49H33N3. The van der Waals surface area contributed by atoms with Crippen LogP contribution < -0.4 is 0 Å². The van der Waals surface area contributed by atoms with Crippen molar-refractivity contribution in [3.63, 3.8) is 0 Å². The Balaban J connectivity index is 1.35. The summed E-state index contributed by atoms with van der Waals surface area (Å²) in [6.45, 7) is 1.29. The van der Waals surface area contributed by atoms with Crippen molar-refractivity contribution in [3.8, 4) is 28.2 Å². The Morgan fingerprint density at radius 1 is 0.308 bits per heavy atom. The summed E-state index contributed by atoms with van der Waals surface area (Å²) in [6.07, 6.45) is 0. The zero-order valence-corrected chi connectivity index (χ0v) is 26.3. The Bertz CT molecular complexity index is 4880. The molecule has 0 aliphatic rings. The van der Waals surface area contributed by atoms with Crippen LogP contribution >= 0.6 is 0 Å². The average Bonchev–Trinajstić information content (AvgIpc) is 1.79. The average molecular weight is 694 g/mol. The van der Waals surface area contributed by atoms with Gasteiger partial charge < -0.3 is 13.7 Å². The minimum Gasteiger partial charge on any atom is -0.309 e. The van der Waals surface area contributed by atoms with Gasteiger partial charge in [0, 0.05) is 49.4 Å². The summed E-state index contributed by atoms with van der Waals surface area (Å²) in [5, 5.41) is -3.34. The van der Waals surface area contributed by atoms with Crippen molar-refractivity contribution in [1.29, 1.82) is 0 Å². The molecule has 0 saturated carbocycles. The van der Waals surface area contributed by atoms with Crippen molar-refractivity contribution in [1.82, 2.24) is 13.7 Å². The van der Waals surface area contributed by atoms with Crippen LogP contribution in [0.2, 0.25) is 0 Å². The molecule has 8 aromatic carbocycles. The second-order valence-corrected chi connectivity index (χ2v) is 11.5. The highest BCUT2D eigenvalue weighted by Crippen LogP contribution is 2.40. The Hall–Kier alpha value is -6.84. The van der Waals surface area contributed by atoms with Crippen molar-refractivity contribution in [2.45, 2.75) is 6.92 Å². The van der Waals surface area contributed by atoms with E-state index in [-0.39, 0.29) is 5.56 Å². The molecule has 3 aromatic heterocycles. The van der Waals surface area contributed by atoms with Crippen LogP contribution in [0.3, 0.4) is 0 Å². The molecule has 244 valence electrons. The molecule has 0 saturated heterocycles. The molecule has 0 amide bonds. The molecular weight excluding hydrogens is 631 g/mol. The van der Waals surface area contributed by atoms with Crippen molar-refractivity contribution < 1.29 is 41.1 Å². The highest BCUT2D eigenvalue weighted by atomic mass is 15.0. The van der Waals surface area contributed by atoms with Gasteiger partial charge in [0.05, 0.1) is 74.2 Å². The van der Waals surface area contributed by atoms with Crippen LogP contribution in [0.15, 0.2) is 181 Å². The van der Waals surface area contributed by atoms with Gasteiger partial charge in [-0.15, -0.1) is 0 Å². The Labute approximate surface area is 343 Å². The van der Waals surface area contributed by atoms with E-state index in [0.717, 1.165) is 13.7 Å². The first-order chi connectivity index (χ1) is 38.2. The van der Waals surface area contributed by atoms with E-state index >= 15 is 0 Å². The van der Waals surface area contributed by atoms with E-state index in [1.165, 1.54) is 6.92 Å². The highest BCUT2D eigenvalue weighted by Gasteiger charge is 2.18. The van der Waals surface area contributed by atoms with Gasteiger partial charge in [-0.05, 0) is 109 Å². The maximum Gasteiger partial charge on any atom is 0.0652 e. The summed E-state index contributed by atoms with van der Waals surface area (Å²) in [6, 6.07) is -26.7. The lowest BCUT2D eigenvalue weighted by atomic mass is 10.0. The van der Waals surface area contributed by atoms with Crippen LogP contribution in [0.5, 0.6) is 0 Å². The normalized spacial score (nSPS) is 20.0. The van der Waals surface area contributed by atoms with E-state index in [2.05, 4.69) is 0 Å².